The van der Waals surface area contributed by atoms with Crippen LogP contribution in [-0.4, -0.2) is 16.1 Å². The van der Waals surface area contributed by atoms with E-state index in [4.69, 9.17) is 0 Å². The fourth-order valence-electron chi connectivity index (χ4n) is 1.79. The van der Waals surface area contributed by atoms with Crippen molar-refractivity contribution in [3.8, 4) is 0 Å². The van der Waals surface area contributed by atoms with Crippen LogP contribution in [0.2, 0.25) is 0 Å². The third-order valence-corrected chi connectivity index (χ3v) is 2.63. The molecule has 0 atom stereocenters. The highest BCUT2D eigenvalue weighted by atomic mass is 19.1. The number of aryl methyl sites for hydroxylation is 2. The predicted octanol–water partition coefficient (Wildman–Crippen LogP) is 2.52. The molecular weight excluding hydrogens is 217 g/mol. The van der Waals surface area contributed by atoms with E-state index in [1.54, 1.807) is 12.1 Å². The summed E-state index contributed by atoms with van der Waals surface area (Å²) in [5, 5.41) is 3.19. The van der Waals surface area contributed by atoms with Crippen molar-refractivity contribution in [2.75, 3.05) is 11.9 Å². The highest BCUT2D eigenvalue weighted by molar-refractivity contribution is 5.29. The molecule has 0 fully saturated rings. The van der Waals surface area contributed by atoms with Crippen LogP contribution in [0.3, 0.4) is 0 Å². The molecule has 0 spiro atoms. The van der Waals surface area contributed by atoms with Crippen LogP contribution in [0.4, 0.5) is 10.3 Å². The Morgan fingerprint density at radius 2 is 2.12 bits per heavy atom. The Balaban J connectivity index is 1.92. The molecule has 0 saturated heterocycles. The number of hydrogen-bond acceptors (Lipinski definition) is 2. The van der Waals surface area contributed by atoms with E-state index in [-0.39, 0.29) is 5.82 Å². The average Bonchev–Trinajstić information content (AvgIpc) is 2.60. The molecule has 90 valence electrons. The predicted molar refractivity (Wildman–Crippen MR) is 66.5 cm³/mol. The number of hydrogen-bond donors (Lipinski definition) is 1. The van der Waals surface area contributed by atoms with Crippen molar-refractivity contribution in [2.45, 2.75) is 13.3 Å². The zero-order chi connectivity index (χ0) is 12.3. The van der Waals surface area contributed by atoms with Gasteiger partial charge in [0.15, 0.2) is 0 Å². The number of nitrogens with zero attached hydrogens (tertiary/aromatic N) is 2. The molecule has 0 amide bonds. The standard InChI is InChI=1S/C13H16FN3/c1-10-9-17(2)13(16-10)15-8-7-11-5-3-4-6-12(11)14/h3-6,9H,7-8H2,1-2H3,(H,15,16). The summed E-state index contributed by atoms with van der Waals surface area (Å²) >= 11 is 0. The maximum absolute atomic E-state index is 13.4. The molecule has 17 heavy (non-hydrogen) atoms. The second kappa shape index (κ2) is 4.99. The maximum atomic E-state index is 13.4. The monoisotopic (exact) mass is 233 g/mol. The Morgan fingerprint density at radius 1 is 1.35 bits per heavy atom. The summed E-state index contributed by atoms with van der Waals surface area (Å²) in [7, 11) is 1.94. The zero-order valence-electron chi connectivity index (χ0n) is 10.1. The second-order valence-corrected chi connectivity index (χ2v) is 4.08. The molecule has 0 radical (unpaired) electrons. The van der Waals surface area contributed by atoms with Gasteiger partial charge in [0.25, 0.3) is 0 Å². The smallest absolute Gasteiger partial charge is 0.202 e. The summed E-state index contributed by atoms with van der Waals surface area (Å²) in [6, 6.07) is 6.85. The lowest BCUT2D eigenvalue weighted by Crippen LogP contribution is -2.09. The van der Waals surface area contributed by atoms with Crippen molar-refractivity contribution in [1.29, 1.82) is 0 Å². The summed E-state index contributed by atoms with van der Waals surface area (Å²) in [5.74, 6) is 0.671. The van der Waals surface area contributed by atoms with Gasteiger partial charge in [0, 0.05) is 19.8 Å². The van der Waals surface area contributed by atoms with E-state index < -0.39 is 0 Å². The largest absolute Gasteiger partial charge is 0.355 e. The molecule has 3 nitrogen and oxygen atoms in total. The number of rotatable bonds is 4. The van der Waals surface area contributed by atoms with E-state index in [0.717, 1.165) is 17.2 Å². The Morgan fingerprint density at radius 3 is 2.76 bits per heavy atom. The molecule has 0 unspecified atom stereocenters. The summed E-state index contributed by atoms with van der Waals surface area (Å²) in [6.07, 6.45) is 2.60. The molecule has 1 aromatic carbocycles. The number of anilines is 1. The highest BCUT2D eigenvalue weighted by Gasteiger charge is 2.03. The van der Waals surface area contributed by atoms with Crippen molar-refractivity contribution in [3.05, 3.63) is 47.5 Å². The van der Waals surface area contributed by atoms with Gasteiger partial charge < -0.3 is 9.88 Å². The molecule has 1 aromatic heterocycles. The first-order chi connectivity index (χ1) is 8.16. The van der Waals surface area contributed by atoms with Crippen LogP contribution in [0.1, 0.15) is 11.3 Å². The SMILES string of the molecule is Cc1cn(C)c(NCCc2ccccc2F)n1. The van der Waals surface area contributed by atoms with Crippen LogP contribution in [0, 0.1) is 12.7 Å². The topological polar surface area (TPSA) is 29.9 Å². The maximum Gasteiger partial charge on any atom is 0.202 e. The van der Waals surface area contributed by atoms with Crippen molar-refractivity contribution < 1.29 is 4.39 Å². The summed E-state index contributed by atoms with van der Waals surface area (Å²) in [6.45, 7) is 2.62. The minimum Gasteiger partial charge on any atom is -0.355 e. The molecule has 4 heteroatoms. The molecule has 0 aliphatic rings. The molecule has 1 N–H and O–H groups in total. The number of halogens is 1. The molecule has 0 saturated carbocycles. The lowest BCUT2D eigenvalue weighted by Gasteiger charge is -2.06. The van der Waals surface area contributed by atoms with Crippen LogP contribution < -0.4 is 5.32 Å². The van der Waals surface area contributed by atoms with Crippen LogP contribution in [0.5, 0.6) is 0 Å². The van der Waals surface area contributed by atoms with Gasteiger partial charge in [0.1, 0.15) is 5.82 Å². The van der Waals surface area contributed by atoms with Gasteiger partial charge in [-0.2, -0.15) is 0 Å². The lowest BCUT2D eigenvalue weighted by molar-refractivity contribution is 0.610. The van der Waals surface area contributed by atoms with Crippen LogP contribution in [-0.2, 0) is 13.5 Å². The molecule has 0 bridgehead atoms. The summed E-state index contributed by atoms with van der Waals surface area (Å²) in [5.41, 5.74) is 1.70. The normalized spacial score (nSPS) is 10.5. The minimum absolute atomic E-state index is 0.148. The van der Waals surface area contributed by atoms with E-state index in [9.17, 15) is 4.39 Å². The average molecular weight is 233 g/mol. The van der Waals surface area contributed by atoms with Crippen LogP contribution >= 0.6 is 0 Å². The quantitative estimate of drug-likeness (QED) is 0.879. The molecule has 1 heterocycles. The van der Waals surface area contributed by atoms with E-state index in [0.29, 0.717) is 13.0 Å². The fourth-order valence-corrected chi connectivity index (χ4v) is 1.79. The number of imidazole rings is 1. The molecule has 0 aliphatic carbocycles. The van der Waals surface area contributed by atoms with E-state index in [1.807, 2.05) is 30.8 Å². The van der Waals surface area contributed by atoms with Gasteiger partial charge in [-0.15, -0.1) is 0 Å². The van der Waals surface area contributed by atoms with Crippen molar-refractivity contribution in [2.24, 2.45) is 7.05 Å². The Hall–Kier alpha value is -1.84. The van der Waals surface area contributed by atoms with Crippen LogP contribution in [0.25, 0.3) is 0 Å². The van der Waals surface area contributed by atoms with Gasteiger partial charge in [-0.1, -0.05) is 18.2 Å². The first-order valence-electron chi connectivity index (χ1n) is 5.64. The van der Waals surface area contributed by atoms with E-state index >= 15 is 0 Å². The Labute approximate surface area is 100 Å². The van der Waals surface area contributed by atoms with Crippen molar-refractivity contribution in [3.63, 3.8) is 0 Å². The summed E-state index contributed by atoms with van der Waals surface area (Å²) < 4.78 is 15.3. The Kier molecular flexibility index (Phi) is 3.42. The third-order valence-electron chi connectivity index (χ3n) is 2.63. The second-order valence-electron chi connectivity index (χ2n) is 4.08. The van der Waals surface area contributed by atoms with Crippen molar-refractivity contribution >= 4 is 5.95 Å². The first-order valence-corrected chi connectivity index (χ1v) is 5.64. The third kappa shape index (κ3) is 2.84. The van der Waals surface area contributed by atoms with E-state index in [2.05, 4.69) is 10.3 Å². The van der Waals surface area contributed by atoms with Gasteiger partial charge in [-0.3, -0.25) is 0 Å². The van der Waals surface area contributed by atoms with Gasteiger partial charge in [0.05, 0.1) is 5.69 Å². The van der Waals surface area contributed by atoms with Crippen LogP contribution in [0.15, 0.2) is 30.5 Å². The number of nitrogens with one attached hydrogen (secondary N) is 1. The molecule has 2 aromatic rings. The lowest BCUT2D eigenvalue weighted by atomic mass is 10.1. The van der Waals surface area contributed by atoms with Gasteiger partial charge >= 0.3 is 0 Å². The van der Waals surface area contributed by atoms with Gasteiger partial charge in [0.2, 0.25) is 5.95 Å². The van der Waals surface area contributed by atoms with E-state index in [1.165, 1.54) is 6.07 Å². The molecule has 0 aliphatic heterocycles. The number of aromatic nitrogens is 2. The highest BCUT2D eigenvalue weighted by Crippen LogP contribution is 2.09. The minimum atomic E-state index is -0.148. The summed E-state index contributed by atoms with van der Waals surface area (Å²) in [4.78, 5) is 4.32. The Bertz CT molecular complexity index is 505. The van der Waals surface area contributed by atoms with Crippen molar-refractivity contribution in [1.82, 2.24) is 9.55 Å². The molecule has 2 rings (SSSR count). The first kappa shape index (κ1) is 11.6. The van der Waals surface area contributed by atoms with Gasteiger partial charge in [-0.05, 0) is 25.0 Å². The zero-order valence-corrected chi connectivity index (χ0v) is 10.1. The fraction of sp³-hybridized carbons (Fsp3) is 0.308. The van der Waals surface area contributed by atoms with Gasteiger partial charge in [-0.25, -0.2) is 9.37 Å². The number of benzene rings is 1. The molecular formula is C13H16FN3.